The van der Waals surface area contributed by atoms with E-state index >= 15 is 0 Å². The fourth-order valence-corrected chi connectivity index (χ4v) is 4.63. The van der Waals surface area contributed by atoms with Gasteiger partial charge in [-0.05, 0) is 45.0 Å². The number of allylic oxidation sites excluding steroid dienone is 1. The van der Waals surface area contributed by atoms with Crippen LogP contribution in [0.15, 0.2) is 41.3 Å². The van der Waals surface area contributed by atoms with Crippen molar-refractivity contribution < 1.29 is 9.13 Å². The van der Waals surface area contributed by atoms with Gasteiger partial charge in [-0.25, -0.2) is 14.4 Å². The number of benzene rings is 1. The van der Waals surface area contributed by atoms with Crippen molar-refractivity contribution >= 4 is 33.7 Å². The van der Waals surface area contributed by atoms with E-state index in [1.807, 2.05) is 6.92 Å². The van der Waals surface area contributed by atoms with Crippen LogP contribution >= 0.6 is 11.3 Å². The maximum Gasteiger partial charge on any atom is 0.227 e. The van der Waals surface area contributed by atoms with Crippen LogP contribution in [-0.4, -0.2) is 42.4 Å². The highest BCUT2D eigenvalue weighted by molar-refractivity contribution is 7.19. The number of aromatic nitrogens is 2. The Bertz CT molecular complexity index is 1140. The van der Waals surface area contributed by atoms with Crippen molar-refractivity contribution in [3.63, 3.8) is 0 Å². The monoisotopic (exact) mass is 440 g/mol. The largest absolute Gasteiger partial charge is 0.496 e. The molecule has 1 aliphatic rings. The number of thiophene rings is 1. The van der Waals surface area contributed by atoms with Gasteiger partial charge >= 0.3 is 0 Å². The highest BCUT2D eigenvalue weighted by atomic mass is 32.1. The third-order valence-electron chi connectivity index (χ3n) is 5.21. The molecule has 4 N–H and O–H groups in total. The van der Waals surface area contributed by atoms with Gasteiger partial charge in [-0.15, -0.1) is 11.3 Å². The predicted molar refractivity (Wildman–Crippen MR) is 124 cm³/mol. The first-order valence-corrected chi connectivity index (χ1v) is 10.9. The molecule has 1 fully saturated rings. The summed E-state index contributed by atoms with van der Waals surface area (Å²) in [6, 6.07) is 4.81. The highest BCUT2D eigenvalue weighted by Crippen LogP contribution is 2.41. The second-order valence-corrected chi connectivity index (χ2v) is 8.55. The molecule has 1 aromatic carbocycles. The molecule has 3 heterocycles. The average molecular weight is 441 g/mol. The zero-order chi connectivity index (χ0) is 21.8. The van der Waals surface area contributed by atoms with Crippen molar-refractivity contribution in [3.05, 3.63) is 47.0 Å². The maximum absolute atomic E-state index is 13.7. The topological polar surface area (TPSA) is 97.5 Å². The number of fused-ring (bicyclic) bond motifs is 1. The van der Waals surface area contributed by atoms with E-state index < -0.39 is 0 Å². The number of nitrogens with two attached hydrogens (primary N) is 1. The van der Waals surface area contributed by atoms with Crippen molar-refractivity contribution in [2.45, 2.75) is 25.8 Å². The van der Waals surface area contributed by atoms with Crippen molar-refractivity contribution in [3.8, 4) is 16.9 Å². The Morgan fingerprint density at radius 2 is 2.19 bits per heavy atom. The van der Waals surface area contributed by atoms with Gasteiger partial charge in [-0.2, -0.15) is 0 Å². The molecule has 2 aromatic heterocycles. The lowest BCUT2D eigenvalue weighted by Crippen LogP contribution is -2.30. The number of methoxy groups -OCH3 is 1. The van der Waals surface area contributed by atoms with E-state index in [1.54, 1.807) is 29.8 Å². The lowest BCUT2D eigenvalue weighted by molar-refractivity contribution is 0.413. The van der Waals surface area contributed by atoms with E-state index in [1.165, 1.54) is 25.4 Å². The number of aryl methyl sites for hydroxylation is 1. The van der Waals surface area contributed by atoms with E-state index in [-0.39, 0.29) is 5.82 Å². The fourth-order valence-electron chi connectivity index (χ4n) is 3.64. The molecule has 1 aliphatic heterocycles. The summed E-state index contributed by atoms with van der Waals surface area (Å²) >= 11 is 1.59. The first-order chi connectivity index (χ1) is 15.1. The van der Waals surface area contributed by atoms with Gasteiger partial charge in [0.1, 0.15) is 11.6 Å². The summed E-state index contributed by atoms with van der Waals surface area (Å²) in [5, 5.41) is 6.48. The van der Waals surface area contributed by atoms with Crippen LogP contribution in [0, 0.1) is 12.7 Å². The van der Waals surface area contributed by atoms with Gasteiger partial charge in [-0.3, -0.25) is 4.99 Å². The Hall–Kier alpha value is -3.04. The zero-order valence-corrected chi connectivity index (χ0v) is 18.3. The van der Waals surface area contributed by atoms with Gasteiger partial charge in [0.05, 0.1) is 35.3 Å². The lowest BCUT2D eigenvalue weighted by atomic mass is 10.0. The molecule has 4 rings (SSSR count). The number of ether oxygens (including phenoxy) is 1. The van der Waals surface area contributed by atoms with Crippen LogP contribution in [0.3, 0.4) is 0 Å². The van der Waals surface area contributed by atoms with Crippen LogP contribution in [0.5, 0.6) is 5.75 Å². The molecule has 162 valence electrons. The van der Waals surface area contributed by atoms with Crippen molar-refractivity contribution in [1.82, 2.24) is 15.3 Å². The summed E-state index contributed by atoms with van der Waals surface area (Å²) in [4.78, 5) is 14.8. The molecule has 0 spiro atoms. The molecule has 0 radical (unpaired) electrons. The number of hydrogen-bond donors (Lipinski definition) is 3. The Morgan fingerprint density at radius 1 is 1.39 bits per heavy atom. The molecule has 3 aromatic rings. The molecule has 7 nitrogen and oxygen atoms in total. The molecule has 0 aliphatic carbocycles. The van der Waals surface area contributed by atoms with Gasteiger partial charge in [0.25, 0.3) is 0 Å². The molecule has 0 unspecified atom stereocenters. The normalized spacial score (nSPS) is 15.6. The van der Waals surface area contributed by atoms with E-state index in [9.17, 15) is 4.39 Å². The minimum Gasteiger partial charge on any atom is -0.496 e. The van der Waals surface area contributed by atoms with Crippen LogP contribution in [0.2, 0.25) is 0 Å². The molecule has 1 saturated heterocycles. The summed E-state index contributed by atoms with van der Waals surface area (Å²) in [6.07, 6.45) is 6.99. The van der Waals surface area contributed by atoms with Crippen LogP contribution in [0.25, 0.3) is 21.3 Å². The maximum atomic E-state index is 13.7. The minimum absolute atomic E-state index is 0.290. The average Bonchev–Trinajstić information content (AvgIpc) is 3.12. The SMILES string of the molecule is COc1cc(F)ccc1-c1c(C)sc2cnc(N/C(C=NC3CCNCC3)=C/N)nc12. The van der Waals surface area contributed by atoms with Crippen LogP contribution in [0.1, 0.15) is 17.7 Å². The Kier molecular flexibility index (Phi) is 6.43. The van der Waals surface area contributed by atoms with Crippen molar-refractivity contribution in [1.29, 1.82) is 0 Å². The standard InChI is InChI=1S/C22H25FN6OS/c1-13-20(17-4-3-14(23)9-18(17)30-2)21-19(31-13)12-27-22(29-21)28-16(10-24)11-26-15-5-7-25-8-6-15/h3-4,9-12,15,25H,5-8,24H2,1-2H3,(H,27,28,29)/b16-10+,26-11?. The number of nitrogens with zero attached hydrogens (tertiary/aromatic N) is 3. The van der Waals surface area contributed by atoms with Gasteiger partial charge in [0, 0.05) is 34.5 Å². The number of rotatable bonds is 6. The number of aliphatic imine (C=N–C) groups is 1. The Morgan fingerprint density at radius 3 is 2.94 bits per heavy atom. The van der Waals surface area contributed by atoms with Crippen molar-refractivity contribution in [2.24, 2.45) is 10.7 Å². The second-order valence-electron chi connectivity index (χ2n) is 7.29. The molecule has 0 bridgehead atoms. The lowest BCUT2D eigenvalue weighted by Gasteiger charge is -2.18. The highest BCUT2D eigenvalue weighted by Gasteiger charge is 2.18. The van der Waals surface area contributed by atoms with E-state index in [2.05, 4.69) is 20.6 Å². The van der Waals surface area contributed by atoms with E-state index in [4.69, 9.17) is 15.5 Å². The summed E-state index contributed by atoms with van der Waals surface area (Å²) in [5.41, 5.74) is 8.89. The number of hydrogen-bond acceptors (Lipinski definition) is 8. The van der Waals surface area contributed by atoms with Gasteiger partial charge in [0.2, 0.25) is 5.95 Å². The molecule has 9 heteroatoms. The van der Waals surface area contributed by atoms with Crippen LogP contribution < -0.4 is 21.1 Å². The van der Waals surface area contributed by atoms with E-state index in [0.29, 0.717) is 23.4 Å². The summed E-state index contributed by atoms with van der Waals surface area (Å²) in [7, 11) is 1.53. The summed E-state index contributed by atoms with van der Waals surface area (Å²) in [5.74, 6) is 0.536. The molecular weight excluding hydrogens is 415 g/mol. The first-order valence-electron chi connectivity index (χ1n) is 10.1. The second kappa shape index (κ2) is 9.40. The Balaban J connectivity index is 1.65. The smallest absolute Gasteiger partial charge is 0.227 e. The zero-order valence-electron chi connectivity index (χ0n) is 17.5. The quantitative estimate of drug-likeness (QED) is 0.504. The third-order valence-corrected chi connectivity index (χ3v) is 6.24. The molecular formula is C22H25FN6OS. The Labute approximate surface area is 184 Å². The number of halogens is 1. The third kappa shape index (κ3) is 4.67. The van der Waals surface area contributed by atoms with Gasteiger partial charge in [0.15, 0.2) is 0 Å². The molecule has 0 amide bonds. The number of piperidine rings is 1. The van der Waals surface area contributed by atoms with Gasteiger partial charge in [-0.1, -0.05) is 0 Å². The van der Waals surface area contributed by atoms with Crippen LogP contribution in [0.4, 0.5) is 10.3 Å². The number of nitrogens with one attached hydrogen (secondary N) is 2. The molecule has 0 saturated carbocycles. The fraction of sp³-hybridized carbons (Fsp3) is 0.318. The van der Waals surface area contributed by atoms with Gasteiger partial charge < -0.3 is 21.1 Å². The van der Waals surface area contributed by atoms with E-state index in [0.717, 1.165) is 52.2 Å². The molecule has 0 atom stereocenters. The van der Waals surface area contributed by atoms with Crippen LogP contribution in [-0.2, 0) is 0 Å². The first kappa shape index (κ1) is 21.2. The number of anilines is 1. The van der Waals surface area contributed by atoms with Crippen molar-refractivity contribution in [2.75, 3.05) is 25.5 Å². The molecule has 31 heavy (non-hydrogen) atoms. The minimum atomic E-state index is -0.347. The predicted octanol–water partition coefficient (Wildman–Crippen LogP) is 3.85. The summed E-state index contributed by atoms with van der Waals surface area (Å²) < 4.78 is 20.0. The summed E-state index contributed by atoms with van der Waals surface area (Å²) in [6.45, 7) is 3.96.